The molecule has 4 heteroatoms. The van der Waals surface area contributed by atoms with Gasteiger partial charge in [-0.3, -0.25) is 0 Å². The Kier molecular flexibility index (Phi) is 6.71. The molecule has 1 N–H and O–H groups in total. The van der Waals surface area contributed by atoms with Gasteiger partial charge in [-0.1, -0.05) is 45.0 Å². The molecule has 4 nitrogen and oxygen atoms in total. The molecular weight excluding hydrogens is 314 g/mol. The Labute approximate surface area is 151 Å². The fourth-order valence-electron chi connectivity index (χ4n) is 2.66. The Morgan fingerprint density at radius 2 is 1.56 bits per heavy atom. The van der Waals surface area contributed by atoms with E-state index in [0.717, 1.165) is 29.4 Å². The zero-order valence-corrected chi connectivity index (χ0v) is 15.9. The van der Waals surface area contributed by atoms with Crippen LogP contribution in [-0.4, -0.2) is 27.4 Å². The van der Waals surface area contributed by atoms with Gasteiger partial charge in [0.2, 0.25) is 0 Å². The fourth-order valence-corrected chi connectivity index (χ4v) is 2.66. The minimum absolute atomic E-state index is 0.0438. The van der Waals surface area contributed by atoms with Crippen LogP contribution in [0.4, 0.5) is 0 Å². The molecule has 0 amide bonds. The highest BCUT2D eigenvalue weighted by Crippen LogP contribution is 2.31. The molecule has 2 aromatic rings. The van der Waals surface area contributed by atoms with Crippen molar-refractivity contribution in [2.24, 2.45) is 0 Å². The van der Waals surface area contributed by atoms with Gasteiger partial charge in [0.05, 0.1) is 7.11 Å². The van der Waals surface area contributed by atoms with Gasteiger partial charge in [-0.15, -0.1) is 0 Å². The van der Waals surface area contributed by atoms with Crippen molar-refractivity contribution in [2.45, 2.75) is 32.7 Å². The predicted molar refractivity (Wildman–Crippen MR) is 102 cm³/mol. The van der Waals surface area contributed by atoms with Crippen LogP contribution in [0.2, 0.25) is 0 Å². The lowest BCUT2D eigenvalue weighted by Gasteiger charge is -2.22. The third kappa shape index (κ3) is 5.40. The number of benzene rings is 2. The molecule has 0 heterocycles. The molecule has 0 saturated heterocycles. The summed E-state index contributed by atoms with van der Waals surface area (Å²) in [5.41, 5.74) is 2.39. The summed E-state index contributed by atoms with van der Waals surface area (Å²) < 4.78 is 17.2. The fraction of sp³-hybridized carbons (Fsp3) is 0.429. The molecule has 0 aromatic heterocycles. The molecule has 0 radical (unpaired) electrons. The van der Waals surface area contributed by atoms with E-state index in [4.69, 9.17) is 14.2 Å². The van der Waals surface area contributed by atoms with Crippen molar-refractivity contribution in [2.75, 3.05) is 27.4 Å². The van der Waals surface area contributed by atoms with Crippen molar-refractivity contribution in [3.63, 3.8) is 0 Å². The van der Waals surface area contributed by atoms with Crippen LogP contribution in [0.25, 0.3) is 0 Å². The Morgan fingerprint density at radius 3 is 2.20 bits per heavy atom. The quantitative estimate of drug-likeness (QED) is 0.730. The smallest absolute Gasteiger partial charge is 0.161 e. The minimum atomic E-state index is 0.0438. The molecule has 0 unspecified atom stereocenters. The maximum Gasteiger partial charge on any atom is 0.161 e. The van der Waals surface area contributed by atoms with Crippen LogP contribution in [0.5, 0.6) is 17.2 Å². The van der Waals surface area contributed by atoms with E-state index < -0.39 is 0 Å². The number of nitrogens with one attached hydrogen (secondary N) is 1. The summed E-state index contributed by atoms with van der Waals surface area (Å²) in [4.78, 5) is 0. The molecule has 0 aliphatic carbocycles. The van der Waals surface area contributed by atoms with E-state index in [2.05, 4.69) is 32.2 Å². The van der Waals surface area contributed by atoms with Gasteiger partial charge in [-0.25, -0.2) is 0 Å². The van der Waals surface area contributed by atoms with Crippen LogP contribution in [0.15, 0.2) is 42.5 Å². The lowest BCUT2D eigenvalue weighted by Crippen LogP contribution is -2.16. The van der Waals surface area contributed by atoms with Crippen molar-refractivity contribution < 1.29 is 14.2 Å². The van der Waals surface area contributed by atoms with Crippen LogP contribution >= 0.6 is 0 Å². The molecule has 0 atom stereocenters. The van der Waals surface area contributed by atoms with Crippen molar-refractivity contribution in [3.05, 3.63) is 53.6 Å². The highest BCUT2D eigenvalue weighted by atomic mass is 16.5. The second kappa shape index (κ2) is 8.77. The van der Waals surface area contributed by atoms with Crippen molar-refractivity contribution in [1.82, 2.24) is 5.32 Å². The monoisotopic (exact) mass is 343 g/mol. The third-order valence-corrected chi connectivity index (χ3v) is 3.90. The summed E-state index contributed by atoms with van der Waals surface area (Å²) in [5, 5.41) is 3.14. The zero-order chi connectivity index (χ0) is 18.3. The molecule has 0 spiro atoms. The van der Waals surface area contributed by atoms with E-state index in [1.165, 1.54) is 5.56 Å². The molecule has 0 bridgehead atoms. The zero-order valence-electron chi connectivity index (χ0n) is 15.9. The summed E-state index contributed by atoms with van der Waals surface area (Å²) >= 11 is 0. The van der Waals surface area contributed by atoms with Crippen molar-refractivity contribution >= 4 is 0 Å². The van der Waals surface area contributed by atoms with E-state index in [9.17, 15) is 0 Å². The Bertz CT molecular complexity index is 677. The number of methoxy groups -OCH3 is 1. The average molecular weight is 343 g/mol. The van der Waals surface area contributed by atoms with Gasteiger partial charge >= 0.3 is 0 Å². The van der Waals surface area contributed by atoms with Crippen LogP contribution in [-0.2, 0) is 12.0 Å². The summed E-state index contributed by atoms with van der Waals surface area (Å²) in [5.74, 6) is 2.38. The lowest BCUT2D eigenvalue weighted by atomic mass is 9.86. The summed E-state index contributed by atoms with van der Waals surface area (Å²) in [6, 6.07) is 14.1. The van der Waals surface area contributed by atoms with E-state index >= 15 is 0 Å². The maximum atomic E-state index is 5.96. The topological polar surface area (TPSA) is 39.7 Å². The molecular formula is C21H29NO3. The maximum absolute atomic E-state index is 5.96. The van der Waals surface area contributed by atoms with E-state index in [1.807, 2.05) is 43.4 Å². The standard InChI is InChI=1S/C21H29NO3/c1-21(2,3)17-8-6-7-9-18(17)24-12-13-25-20-14-16(15-22-4)10-11-19(20)23-5/h6-11,14,22H,12-13,15H2,1-5H3. The third-order valence-electron chi connectivity index (χ3n) is 3.90. The lowest BCUT2D eigenvalue weighted by molar-refractivity contribution is 0.208. The van der Waals surface area contributed by atoms with E-state index in [1.54, 1.807) is 7.11 Å². The van der Waals surface area contributed by atoms with Crippen LogP contribution in [0, 0.1) is 0 Å². The van der Waals surface area contributed by atoms with Gasteiger partial charge in [0.1, 0.15) is 19.0 Å². The first-order valence-corrected chi connectivity index (χ1v) is 8.62. The number of ether oxygens (including phenoxy) is 3. The molecule has 0 aliphatic rings. The van der Waals surface area contributed by atoms with Gasteiger partial charge in [0.15, 0.2) is 11.5 Å². The number of hydrogen-bond donors (Lipinski definition) is 1. The first kappa shape index (κ1) is 19.1. The van der Waals surface area contributed by atoms with Gasteiger partial charge in [-0.2, -0.15) is 0 Å². The van der Waals surface area contributed by atoms with Gasteiger partial charge in [0, 0.05) is 6.54 Å². The Morgan fingerprint density at radius 1 is 0.880 bits per heavy atom. The SMILES string of the molecule is CNCc1ccc(OC)c(OCCOc2ccccc2C(C)(C)C)c1. The minimum Gasteiger partial charge on any atom is -0.493 e. The first-order chi connectivity index (χ1) is 12.0. The Balaban J connectivity index is 1.97. The largest absolute Gasteiger partial charge is 0.493 e. The average Bonchev–Trinajstić information content (AvgIpc) is 2.59. The summed E-state index contributed by atoms with van der Waals surface area (Å²) in [6.07, 6.45) is 0. The molecule has 2 rings (SSSR count). The van der Waals surface area contributed by atoms with Crippen molar-refractivity contribution in [3.8, 4) is 17.2 Å². The Hall–Kier alpha value is -2.20. The van der Waals surface area contributed by atoms with Gasteiger partial charge < -0.3 is 19.5 Å². The molecule has 136 valence electrons. The van der Waals surface area contributed by atoms with Crippen LogP contribution in [0.1, 0.15) is 31.9 Å². The second-order valence-electron chi connectivity index (χ2n) is 6.96. The molecule has 25 heavy (non-hydrogen) atoms. The number of hydrogen-bond acceptors (Lipinski definition) is 4. The van der Waals surface area contributed by atoms with Crippen LogP contribution in [0.3, 0.4) is 0 Å². The normalized spacial score (nSPS) is 11.2. The van der Waals surface area contributed by atoms with Crippen molar-refractivity contribution in [1.29, 1.82) is 0 Å². The van der Waals surface area contributed by atoms with E-state index in [0.29, 0.717) is 13.2 Å². The first-order valence-electron chi connectivity index (χ1n) is 8.62. The molecule has 0 aliphatic heterocycles. The molecule has 0 fully saturated rings. The molecule has 2 aromatic carbocycles. The summed E-state index contributed by atoms with van der Waals surface area (Å²) in [6.45, 7) is 8.28. The predicted octanol–water partition coefficient (Wildman–Crippen LogP) is 4.17. The number of rotatable bonds is 8. The highest BCUT2D eigenvalue weighted by Gasteiger charge is 2.18. The van der Waals surface area contributed by atoms with Crippen LogP contribution < -0.4 is 19.5 Å². The van der Waals surface area contributed by atoms with Gasteiger partial charge in [-0.05, 0) is 41.8 Å². The second-order valence-corrected chi connectivity index (χ2v) is 6.96. The number of para-hydroxylation sites is 1. The summed E-state index contributed by atoms with van der Waals surface area (Å²) in [7, 11) is 3.57. The molecule has 0 saturated carbocycles. The highest BCUT2D eigenvalue weighted by molar-refractivity contribution is 5.43. The van der Waals surface area contributed by atoms with E-state index in [-0.39, 0.29) is 5.41 Å². The van der Waals surface area contributed by atoms with Gasteiger partial charge in [0.25, 0.3) is 0 Å².